The van der Waals surface area contributed by atoms with Crippen LogP contribution in [0.25, 0.3) is 0 Å². The predicted molar refractivity (Wildman–Crippen MR) is 67.1 cm³/mol. The number of hydrogen-bond donors (Lipinski definition) is 0. The molecule has 102 valence electrons. The fraction of sp³-hybridized carbons (Fsp3) is 0.846. The molecule has 2 fully saturated rings. The molecule has 0 N–H and O–H groups in total. The highest BCUT2D eigenvalue weighted by atomic mass is 16.6. The summed E-state index contributed by atoms with van der Waals surface area (Å²) in [4.78, 5) is 27.4. The molecule has 5 nitrogen and oxygen atoms in total. The third-order valence-electron chi connectivity index (χ3n) is 3.79. The molecule has 0 saturated carbocycles. The highest BCUT2D eigenvalue weighted by molar-refractivity contribution is 5.79. The van der Waals surface area contributed by atoms with Gasteiger partial charge in [-0.2, -0.15) is 0 Å². The topological polar surface area (TPSA) is 49.9 Å². The van der Waals surface area contributed by atoms with Crippen LogP contribution in [0.5, 0.6) is 0 Å². The van der Waals surface area contributed by atoms with E-state index in [1.54, 1.807) is 4.90 Å². The molecule has 0 aromatic heterocycles. The minimum Gasteiger partial charge on any atom is -0.450 e. The monoisotopic (exact) mass is 254 g/mol. The van der Waals surface area contributed by atoms with Gasteiger partial charge in [0.15, 0.2) is 0 Å². The predicted octanol–water partition coefficient (Wildman–Crippen LogP) is 1.48. The van der Waals surface area contributed by atoms with Crippen LogP contribution >= 0.6 is 0 Å². The average molecular weight is 254 g/mol. The molecule has 2 saturated heterocycles. The molecule has 0 aromatic carbocycles. The third kappa shape index (κ3) is 2.94. The first-order chi connectivity index (χ1) is 8.72. The van der Waals surface area contributed by atoms with Crippen LogP contribution in [-0.2, 0) is 9.53 Å². The Bertz CT molecular complexity index is 305. The SMILES string of the molecule is CCOC(=O)N1CCC(C(=O)N2CCCC2)CC1. The van der Waals surface area contributed by atoms with E-state index in [2.05, 4.69) is 0 Å². The molecule has 0 aliphatic carbocycles. The highest BCUT2D eigenvalue weighted by Crippen LogP contribution is 2.22. The Morgan fingerprint density at radius 3 is 2.22 bits per heavy atom. The molecular weight excluding hydrogens is 232 g/mol. The fourth-order valence-electron chi connectivity index (χ4n) is 2.72. The van der Waals surface area contributed by atoms with Crippen LogP contribution in [-0.4, -0.2) is 54.6 Å². The summed E-state index contributed by atoms with van der Waals surface area (Å²) in [6.07, 6.45) is 3.56. The number of amides is 2. The van der Waals surface area contributed by atoms with Crippen molar-refractivity contribution < 1.29 is 14.3 Å². The number of carbonyl (C=O) groups is 2. The van der Waals surface area contributed by atoms with Crippen LogP contribution in [0.15, 0.2) is 0 Å². The van der Waals surface area contributed by atoms with Crippen molar-refractivity contribution in [2.75, 3.05) is 32.8 Å². The maximum absolute atomic E-state index is 12.2. The lowest BCUT2D eigenvalue weighted by Crippen LogP contribution is -2.43. The molecule has 2 rings (SSSR count). The van der Waals surface area contributed by atoms with Crippen LogP contribution in [0.2, 0.25) is 0 Å². The smallest absolute Gasteiger partial charge is 0.409 e. The van der Waals surface area contributed by atoms with E-state index < -0.39 is 0 Å². The number of hydrogen-bond acceptors (Lipinski definition) is 3. The summed E-state index contributed by atoms with van der Waals surface area (Å²) in [5, 5.41) is 0. The quantitative estimate of drug-likeness (QED) is 0.750. The first-order valence-electron chi connectivity index (χ1n) is 6.93. The molecule has 5 heteroatoms. The largest absolute Gasteiger partial charge is 0.450 e. The van der Waals surface area contributed by atoms with Crippen molar-refractivity contribution in [3.8, 4) is 0 Å². The second-order valence-corrected chi connectivity index (χ2v) is 4.99. The molecule has 2 aliphatic heterocycles. The molecule has 2 heterocycles. The van der Waals surface area contributed by atoms with Gasteiger partial charge < -0.3 is 14.5 Å². The molecule has 18 heavy (non-hydrogen) atoms. The molecule has 0 radical (unpaired) electrons. The number of rotatable bonds is 2. The fourth-order valence-corrected chi connectivity index (χ4v) is 2.72. The van der Waals surface area contributed by atoms with Gasteiger partial charge in [-0.15, -0.1) is 0 Å². The van der Waals surface area contributed by atoms with Crippen molar-refractivity contribution >= 4 is 12.0 Å². The van der Waals surface area contributed by atoms with Crippen molar-refractivity contribution in [1.82, 2.24) is 9.80 Å². The summed E-state index contributed by atoms with van der Waals surface area (Å²) < 4.78 is 4.97. The van der Waals surface area contributed by atoms with E-state index >= 15 is 0 Å². The summed E-state index contributed by atoms with van der Waals surface area (Å²) >= 11 is 0. The van der Waals surface area contributed by atoms with Crippen LogP contribution < -0.4 is 0 Å². The molecule has 0 unspecified atom stereocenters. The highest BCUT2D eigenvalue weighted by Gasteiger charge is 2.31. The molecule has 0 atom stereocenters. The van der Waals surface area contributed by atoms with Gasteiger partial charge in [0.05, 0.1) is 6.61 Å². The normalized spacial score (nSPS) is 21.2. The van der Waals surface area contributed by atoms with Crippen molar-refractivity contribution in [3.63, 3.8) is 0 Å². The summed E-state index contributed by atoms with van der Waals surface area (Å²) in [6.45, 7) is 5.33. The molecule has 0 aromatic rings. The number of ether oxygens (including phenoxy) is 1. The van der Waals surface area contributed by atoms with Gasteiger partial charge in [-0.25, -0.2) is 4.79 Å². The van der Waals surface area contributed by atoms with Crippen LogP contribution in [0.4, 0.5) is 4.79 Å². The Balaban J connectivity index is 1.79. The molecule has 2 aliphatic rings. The third-order valence-corrected chi connectivity index (χ3v) is 3.79. The number of piperidine rings is 1. The zero-order valence-corrected chi connectivity index (χ0v) is 11.1. The minimum atomic E-state index is -0.246. The summed E-state index contributed by atoms with van der Waals surface area (Å²) in [7, 11) is 0. The molecule has 0 bridgehead atoms. The van der Waals surface area contributed by atoms with Gasteiger partial charge in [0.1, 0.15) is 0 Å². The standard InChI is InChI=1S/C13H22N2O3/c1-2-18-13(17)15-9-5-11(6-10-15)12(16)14-7-3-4-8-14/h11H,2-10H2,1H3. The van der Waals surface area contributed by atoms with E-state index in [1.807, 2.05) is 11.8 Å². The van der Waals surface area contributed by atoms with Crippen molar-refractivity contribution in [2.24, 2.45) is 5.92 Å². The Morgan fingerprint density at radius 1 is 1.06 bits per heavy atom. The summed E-state index contributed by atoms with van der Waals surface area (Å²) in [5.74, 6) is 0.393. The molecule has 0 spiro atoms. The lowest BCUT2D eigenvalue weighted by Gasteiger charge is -2.32. The van der Waals surface area contributed by atoms with Crippen molar-refractivity contribution in [3.05, 3.63) is 0 Å². The summed E-state index contributed by atoms with van der Waals surface area (Å²) in [6, 6.07) is 0. The summed E-state index contributed by atoms with van der Waals surface area (Å²) in [5.41, 5.74) is 0. The minimum absolute atomic E-state index is 0.105. The van der Waals surface area contributed by atoms with Gasteiger partial charge in [-0.3, -0.25) is 4.79 Å². The number of nitrogens with zero attached hydrogens (tertiary/aromatic N) is 2. The Labute approximate surface area is 108 Å². The van der Waals surface area contributed by atoms with Gasteiger partial charge in [-0.1, -0.05) is 0 Å². The van der Waals surface area contributed by atoms with E-state index in [4.69, 9.17) is 4.74 Å². The average Bonchev–Trinajstić information content (AvgIpc) is 2.92. The maximum atomic E-state index is 12.2. The van der Waals surface area contributed by atoms with E-state index in [-0.39, 0.29) is 17.9 Å². The van der Waals surface area contributed by atoms with Crippen LogP contribution in [0.3, 0.4) is 0 Å². The Kier molecular flexibility index (Phi) is 4.44. The first-order valence-corrected chi connectivity index (χ1v) is 6.93. The lowest BCUT2D eigenvalue weighted by molar-refractivity contribution is -0.135. The molecular formula is C13H22N2O3. The van der Waals surface area contributed by atoms with Gasteiger partial charge in [0, 0.05) is 32.1 Å². The van der Waals surface area contributed by atoms with E-state index in [1.165, 1.54) is 0 Å². The van der Waals surface area contributed by atoms with Gasteiger partial charge in [-0.05, 0) is 32.6 Å². The maximum Gasteiger partial charge on any atom is 0.409 e. The van der Waals surface area contributed by atoms with Crippen LogP contribution in [0, 0.1) is 5.92 Å². The second-order valence-electron chi connectivity index (χ2n) is 4.99. The van der Waals surface area contributed by atoms with Gasteiger partial charge in [0.25, 0.3) is 0 Å². The zero-order chi connectivity index (χ0) is 13.0. The van der Waals surface area contributed by atoms with Gasteiger partial charge in [0.2, 0.25) is 5.91 Å². The van der Waals surface area contributed by atoms with Crippen LogP contribution in [0.1, 0.15) is 32.6 Å². The van der Waals surface area contributed by atoms with Crippen molar-refractivity contribution in [2.45, 2.75) is 32.6 Å². The lowest BCUT2D eigenvalue weighted by atomic mass is 9.95. The first kappa shape index (κ1) is 13.2. The van der Waals surface area contributed by atoms with E-state index in [9.17, 15) is 9.59 Å². The zero-order valence-electron chi connectivity index (χ0n) is 11.1. The number of carbonyl (C=O) groups excluding carboxylic acids is 2. The second kappa shape index (κ2) is 6.07. The van der Waals surface area contributed by atoms with E-state index in [0.717, 1.165) is 38.8 Å². The van der Waals surface area contributed by atoms with Crippen molar-refractivity contribution in [1.29, 1.82) is 0 Å². The Morgan fingerprint density at radius 2 is 1.67 bits per heavy atom. The number of likely N-dealkylation sites (tertiary alicyclic amines) is 2. The molecule has 2 amide bonds. The van der Waals surface area contributed by atoms with Gasteiger partial charge >= 0.3 is 6.09 Å². The van der Waals surface area contributed by atoms with E-state index in [0.29, 0.717) is 19.7 Å². The Hall–Kier alpha value is -1.26.